The maximum absolute atomic E-state index is 13.3. The highest BCUT2D eigenvalue weighted by atomic mass is 35.5. The SMILES string of the molecule is O=C(Nc1ccccc1F)Nc1ccccc1Cl. The minimum atomic E-state index is -0.548. The zero-order valence-corrected chi connectivity index (χ0v) is 10.0. The summed E-state index contributed by atoms with van der Waals surface area (Å²) in [6.07, 6.45) is 0. The van der Waals surface area contributed by atoms with Gasteiger partial charge in [0.25, 0.3) is 0 Å². The second-order valence-corrected chi connectivity index (χ2v) is 3.95. The van der Waals surface area contributed by atoms with Crippen LogP contribution in [0.4, 0.5) is 20.6 Å². The molecule has 0 saturated carbocycles. The fraction of sp³-hybridized carbons (Fsp3) is 0. The van der Waals surface area contributed by atoms with Gasteiger partial charge in [-0.3, -0.25) is 0 Å². The summed E-state index contributed by atoms with van der Waals surface area (Å²) in [5.74, 6) is -0.494. The Morgan fingerprint density at radius 3 is 2.17 bits per heavy atom. The van der Waals surface area contributed by atoms with Gasteiger partial charge in [-0.2, -0.15) is 0 Å². The largest absolute Gasteiger partial charge is 0.323 e. The Morgan fingerprint density at radius 1 is 0.944 bits per heavy atom. The minimum absolute atomic E-state index is 0.113. The van der Waals surface area contributed by atoms with E-state index in [4.69, 9.17) is 11.6 Å². The number of carbonyl (C=O) groups excluding carboxylic acids is 1. The van der Waals surface area contributed by atoms with Crippen LogP contribution in [0.15, 0.2) is 48.5 Å². The van der Waals surface area contributed by atoms with Crippen LogP contribution in [0.25, 0.3) is 0 Å². The predicted octanol–water partition coefficient (Wildman–Crippen LogP) is 4.12. The molecule has 2 rings (SSSR count). The number of nitrogens with one attached hydrogen (secondary N) is 2. The molecule has 0 aliphatic rings. The zero-order chi connectivity index (χ0) is 13.0. The van der Waals surface area contributed by atoms with Crippen molar-refractivity contribution in [2.45, 2.75) is 0 Å². The number of anilines is 2. The first-order chi connectivity index (χ1) is 8.66. The standard InChI is InChI=1S/C13H10ClFN2O/c14-9-5-1-3-7-11(9)16-13(18)17-12-8-4-2-6-10(12)15/h1-8H,(H2,16,17,18). The lowest BCUT2D eigenvalue weighted by molar-refractivity contribution is 0.262. The van der Waals surface area contributed by atoms with E-state index in [9.17, 15) is 9.18 Å². The average molecular weight is 265 g/mol. The summed E-state index contributed by atoms with van der Waals surface area (Å²) in [5.41, 5.74) is 0.579. The molecule has 0 heterocycles. The third-order valence-electron chi connectivity index (χ3n) is 2.24. The van der Waals surface area contributed by atoms with Crippen molar-refractivity contribution in [3.8, 4) is 0 Å². The van der Waals surface area contributed by atoms with Crippen molar-refractivity contribution < 1.29 is 9.18 Å². The van der Waals surface area contributed by atoms with Crippen LogP contribution in [0.3, 0.4) is 0 Å². The van der Waals surface area contributed by atoms with Crippen LogP contribution in [-0.4, -0.2) is 6.03 Å². The summed E-state index contributed by atoms with van der Waals surface area (Å²) in [7, 11) is 0. The number of para-hydroxylation sites is 2. The third-order valence-corrected chi connectivity index (χ3v) is 2.57. The van der Waals surface area contributed by atoms with Crippen LogP contribution in [0.2, 0.25) is 5.02 Å². The fourth-order valence-corrected chi connectivity index (χ4v) is 1.58. The number of hydrogen-bond donors (Lipinski definition) is 2. The van der Waals surface area contributed by atoms with E-state index in [0.717, 1.165) is 0 Å². The van der Waals surface area contributed by atoms with Crippen molar-refractivity contribution >= 4 is 29.0 Å². The molecule has 0 aliphatic heterocycles. The van der Waals surface area contributed by atoms with Gasteiger partial charge in [-0.25, -0.2) is 9.18 Å². The van der Waals surface area contributed by atoms with Gasteiger partial charge in [-0.15, -0.1) is 0 Å². The van der Waals surface area contributed by atoms with Gasteiger partial charge >= 0.3 is 6.03 Å². The smallest absolute Gasteiger partial charge is 0.306 e. The highest BCUT2D eigenvalue weighted by Gasteiger charge is 2.07. The molecule has 2 amide bonds. The molecule has 0 saturated heterocycles. The molecule has 0 aromatic heterocycles. The number of benzene rings is 2. The summed E-state index contributed by atoms with van der Waals surface area (Å²) in [6.45, 7) is 0. The van der Waals surface area contributed by atoms with Crippen LogP contribution in [0.5, 0.6) is 0 Å². The molecule has 0 fully saturated rings. The van der Waals surface area contributed by atoms with E-state index in [1.165, 1.54) is 12.1 Å². The summed E-state index contributed by atoms with van der Waals surface area (Å²) >= 11 is 5.89. The molecule has 0 bridgehead atoms. The quantitative estimate of drug-likeness (QED) is 0.841. The summed E-state index contributed by atoms with van der Waals surface area (Å²) in [5, 5.41) is 5.36. The lowest BCUT2D eigenvalue weighted by Gasteiger charge is -2.09. The molecular formula is C13H10ClFN2O. The molecule has 92 valence electrons. The normalized spacial score (nSPS) is 9.89. The highest BCUT2D eigenvalue weighted by molar-refractivity contribution is 6.33. The van der Waals surface area contributed by atoms with Gasteiger partial charge in [0, 0.05) is 0 Å². The van der Waals surface area contributed by atoms with Crippen molar-refractivity contribution in [1.29, 1.82) is 0 Å². The molecule has 5 heteroatoms. The van der Waals surface area contributed by atoms with Crippen LogP contribution in [-0.2, 0) is 0 Å². The van der Waals surface area contributed by atoms with Gasteiger partial charge in [0.05, 0.1) is 16.4 Å². The van der Waals surface area contributed by atoms with Gasteiger partial charge in [0.2, 0.25) is 0 Å². The Morgan fingerprint density at radius 2 is 1.50 bits per heavy atom. The van der Waals surface area contributed by atoms with E-state index in [-0.39, 0.29) is 5.69 Å². The van der Waals surface area contributed by atoms with Crippen molar-refractivity contribution in [3.05, 3.63) is 59.4 Å². The molecule has 18 heavy (non-hydrogen) atoms. The van der Waals surface area contributed by atoms with Crippen LogP contribution < -0.4 is 10.6 Å². The minimum Gasteiger partial charge on any atom is -0.306 e. The lowest BCUT2D eigenvalue weighted by atomic mass is 10.3. The maximum Gasteiger partial charge on any atom is 0.323 e. The van der Waals surface area contributed by atoms with E-state index in [1.807, 2.05) is 0 Å². The molecule has 3 nitrogen and oxygen atoms in total. The van der Waals surface area contributed by atoms with E-state index in [2.05, 4.69) is 10.6 Å². The number of carbonyl (C=O) groups is 1. The third kappa shape index (κ3) is 2.99. The van der Waals surface area contributed by atoms with Gasteiger partial charge in [-0.05, 0) is 24.3 Å². The maximum atomic E-state index is 13.3. The number of urea groups is 1. The zero-order valence-electron chi connectivity index (χ0n) is 9.28. The van der Waals surface area contributed by atoms with E-state index >= 15 is 0 Å². The van der Waals surface area contributed by atoms with Crippen LogP contribution in [0.1, 0.15) is 0 Å². The van der Waals surface area contributed by atoms with Crippen LogP contribution in [0, 0.1) is 5.82 Å². The van der Waals surface area contributed by atoms with E-state index in [1.54, 1.807) is 36.4 Å². The molecule has 2 aromatic carbocycles. The topological polar surface area (TPSA) is 41.1 Å². The Hall–Kier alpha value is -2.07. The number of halogens is 2. The first kappa shape index (κ1) is 12.4. The number of amides is 2. The monoisotopic (exact) mass is 264 g/mol. The predicted molar refractivity (Wildman–Crippen MR) is 70.5 cm³/mol. The Bertz CT molecular complexity index is 525. The molecular weight excluding hydrogens is 255 g/mol. The van der Waals surface area contributed by atoms with E-state index in [0.29, 0.717) is 10.7 Å². The number of hydrogen-bond acceptors (Lipinski definition) is 1. The summed E-state index contributed by atoms with van der Waals surface area (Å²) in [6, 6.07) is 12.2. The highest BCUT2D eigenvalue weighted by Crippen LogP contribution is 2.21. The van der Waals surface area contributed by atoms with Crippen LogP contribution >= 0.6 is 11.6 Å². The second-order valence-electron chi connectivity index (χ2n) is 3.54. The van der Waals surface area contributed by atoms with Crippen molar-refractivity contribution in [1.82, 2.24) is 0 Å². The second kappa shape index (κ2) is 5.51. The summed E-state index contributed by atoms with van der Waals surface area (Å²) in [4.78, 5) is 11.6. The molecule has 0 aliphatic carbocycles. The molecule has 0 atom stereocenters. The van der Waals surface area contributed by atoms with Gasteiger partial charge in [0.1, 0.15) is 5.82 Å². The first-order valence-corrected chi connectivity index (χ1v) is 5.61. The fourth-order valence-electron chi connectivity index (χ4n) is 1.40. The van der Waals surface area contributed by atoms with Gasteiger partial charge in [-0.1, -0.05) is 35.9 Å². The van der Waals surface area contributed by atoms with Gasteiger partial charge < -0.3 is 10.6 Å². The Labute approximate surface area is 109 Å². The molecule has 2 aromatic rings. The van der Waals surface area contributed by atoms with Gasteiger partial charge in [0.15, 0.2) is 0 Å². The van der Waals surface area contributed by atoms with Crippen molar-refractivity contribution in [2.24, 2.45) is 0 Å². The Balaban J connectivity index is 2.06. The summed E-state index contributed by atoms with van der Waals surface area (Å²) < 4.78 is 13.3. The molecule has 0 unspecified atom stereocenters. The van der Waals surface area contributed by atoms with Crippen molar-refractivity contribution in [3.63, 3.8) is 0 Å². The lowest BCUT2D eigenvalue weighted by Crippen LogP contribution is -2.20. The average Bonchev–Trinajstić information content (AvgIpc) is 2.35. The van der Waals surface area contributed by atoms with Crippen molar-refractivity contribution in [2.75, 3.05) is 10.6 Å². The Kier molecular flexibility index (Phi) is 3.79. The molecule has 0 spiro atoms. The molecule has 2 N–H and O–H groups in total. The first-order valence-electron chi connectivity index (χ1n) is 5.24. The molecule has 0 radical (unpaired) electrons. The number of rotatable bonds is 2. The van der Waals surface area contributed by atoms with E-state index < -0.39 is 11.8 Å².